The fourth-order valence-electron chi connectivity index (χ4n) is 1.42. The molecule has 0 spiro atoms. The molecule has 0 aliphatic carbocycles. The van der Waals surface area contributed by atoms with E-state index < -0.39 is 17.9 Å². The van der Waals surface area contributed by atoms with Gasteiger partial charge in [-0.3, -0.25) is 9.59 Å². The van der Waals surface area contributed by atoms with E-state index in [1.807, 2.05) is 6.07 Å². The zero-order valence-electron chi connectivity index (χ0n) is 9.77. The number of ether oxygens (including phenoxy) is 2. The molecule has 0 atom stereocenters. The first kappa shape index (κ1) is 14.0. The molecule has 0 aromatic heterocycles. The molecule has 18 heavy (non-hydrogen) atoms. The number of nitriles is 1. The third kappa shape index (κ3) is 2.79. The number of esters is 2. The van der Waals surface area contributed by atoms with Gasteiger partial charge in [-0.2, -0.15) is 5.26 Å². The van der Waals surface area contributed by atoms with Crippen LogP contribution in [0.15, 0.2) is 18.2 Å². The van der Waals surface area contributed by atoms with Gasteiger partial charge in [0.25, 0.3) is 0 Å². The van der Waals surface area contributed by atoms with Gasteiger partial charge in [-0.15, -0.1) is 0 Å². The van der Waals surface area contributed by atoms with Crippen molar-refractivity contribution in [3.05, 3.63) is 34.3 Å². The van der Waals surface area contributed by atoms with Gasteiger partial charge in [0.1, 0.15) is 0 Å². The minimum atomic E-state index is -1.25. The van der Waals surface area contributed by atoms with Crippen molar-refractivity contribution < 1.29 is 19.1 Å². The number of rotatable bonds is 3. The number of methoxy groups -OCH3 is 2. The van der Waals surface area contributed by atoms with Crippen LogP contribution in [0.1, 0.15) is 17.0 Å². The first-order valence-corrected chi connectivity index (χ1v) is 5.28. The minimum absolute atomic E-state index is 0.134. The monoisotopic (exact) mass is 267 g/mol. The average Bonchev–Trinajstić information content (AvgIpc) is 2.39. The third-order valence-corrected chi connectivity index (χ3v) is 2.64. The second kappa shape index (κ2) is 6.03. The van der Waals surface area contributed by atoms with E-state index >= 15 is 0 Å². The molecule has 1 aromatic carbocycles. The SMILES string of the molecule is COC(=O)C(C(=O)OC)c1ccc(C#N)cc1Cl. The molecule has 5 nitrogen and oxygen atoms in total. The zero-order chi connectivity index (χ0) is 13.7. The number of hydrogen-bond donors (Lipinski definition) is 0. The summed E-state index contributed by atoms with van der Waals surface area (Å²) in [6, 6.07) is 6.16. The molecule has 0 amide bonds. The maximum Gasteiger partial charge on any atom is 0.324 e. The third-order valence-electron chi connectivity index (χ3n) is 2.31. The molecule has 0 saturated heterocycles. The molecule has 0 aliphatic rings. The molecule has 1 aromatic rings. The summed E-state index contributed by atoms with van der Waals surface area (Å²) in [6.45, 7) is 0. The molecule has 1 rings (SSSR count). The van der Waals surface area contributed by atoms with Gasteiger partial charge in [0.05, 0.1) is 25.9 Å². The van der Waals surface area contributed by atoms with E-state index in [0.717, 1.165) is 14.2 Å². The quantitative estimate of drug-likeness (QED) is 0.615. The lowest BCUT2D eigenvalue weighted by molar-refractivity contribution is -0.154. The van der Waals surface area contributed by atoms with E-state index in [1.54, 1.807) is 0 Å². The summed E-state index contributed by atoms with van der Waals surface area (Å²) < 4.78 is 9.08. The lowest BCUT2D eigenvalue weighted by Crippen LogP contribution is -2.24. The Kier molecular flexibility index (Phi) is 4.69. The van der Waals surface area contributed by atoms with Gasteiger partial charge in [0.15, 0.2) is 5.92 Å². The Morgan fingerprint density at radius 3 is 2.22 bits per heavy atom. The van der Waals surface area contributed by atoms with Crippen LogP contribution in [0.25, 0.3) is 0 Å². The van der Waals surface area contributed by atoms with Crippen LogP contribution in [0, 0.1) is 11.3 Å². The van der Waals surface area contributed by atoms with Gasteiger partial charge in [0, 0.05) is 5.02 Å². The summed E-state index contributed by atoms with van der Waals surface area (Å²) >= 11 is 5.94. The highest BCUT2D eigenvalue weighted by Crippen LogP contribution is 2.27. The summed E-state index contributed by atoms with van der Waals surface area (Å²) in [5.74, 6) is -2.79. The van der Waals surface area contributed by atoms with Crippen LogP contribution in [0.3, 0.4) is 0 Å². The molecule has 0 unspecified atom stereocenters. The summed E-state index contributed by atoms with van der Waals surface area (Å²) in [5.41, 5.74) is 0.576. The predicted octanol–water partition coefficient (Wildman–Crippen LogP) is 1.64. The van der Waals surface area contributed by atoms with Gasteiger partial charge < -0.3 is 9.47 Å². The zero-order valence-corrected chi connectivity index (χ0v) is 10.5. The Bertz CT molecular complexity index is 505. The molecule has 0 radical (unpaired) electrons. The number of halogens is 1. The van der Waals surface area contributed by atoms with E-state index in [-0.39, 0.29) is 10.6 Å². The van der Waals surface area contributed by atoms with Crippen LogP contribution in [-0.2, 0) is 19.1 Å². The summed E-state index contributed by atoms with van der Waals surface area (Å²) in [4.78, 5) is 23.1. The second-order valence-electron chi connectivity index (χ2n) is 3.33. The molecule has 94 valence electrons. The van der Waals surface area contributed by atoms with Gasteiger partial charge in [-0.1, -0.05) is 17.7 Å². The summed E-state index contributed by atoms with van der Waals surface area (Å²) in [7, 11) is 2.33. The standard InChI is InChI=1S/C12H10ClNO4/c1-17-11(15)10(12(16)18-2)8-4-3-7(6-14)5-9(8)13/h3-5,10H,1-2H3. The minimum Gasteiger partial charge on any atom is -0.468 e. The van der Waals surface area contributed by atoms with Crippen LogP contribution in [0.5, 0.6) is 0 Å². The van der Waals surface area contributed by atoms with Crippen LogP contribution < -0.4 is 0 Å². The van der Waals surface area contributed by atoms with E-state index in [2.05, 4.69) is 9.47 Å². The van der Waals surface area contributed by atoms with Crippen LogP contribution in [-0.4, -0.2) is 26.2 Å². The molecular weight excluding hydrogens is 258 g/mol. The number of carbonyl (C=O) groups excluding carboxylic acids is 2. The smallest absolute Gasteiger partial charge is 0.324 e. The normalized spacial score (nSPS) is 9.72. The van der Waals surface area contributed by atoms with Crippen molar-refractivity contribution in [3.8, 4) is 6.07 Å². The Balaban J connectivity index is 3.26. The van der Waals surface area contributed by atoms with Gasteiger partial charge in [-0.05, 0) is 17.7 Å². The Morgan fingerprint density at radius 1 is 1.28 bits per heavy atom. The van der Waals surface area contributed by atoms with Crippen LogP contribution >= 0.6 is 11.6 Å². The van der Waals surface area contributed by atoms with E-state index in [9.17, 15) is 9.59 Å². The number of carbonyl (C=O) groups is 2. The molecule has 0 aliphatic heterocycles. The molecule has 0 N–H and O–H groups in total. The van der Waals surface area contributed by atoms with Crippen molar-refractivity contribution in [2.75, 3.05) is 14.2 Å². The highest BCUT2D eigenvalue weighted by molar-refractivity contribution is 6.32. The lowest BCUT2D eigenvalue weighted by Gasteiger charge is -2.14. The van der Waals surface area contributed by atoms with Crippen molar-refractivity contribution in [1.82, 2.24) is 0 Å². The first-order chi connectivity index (χ1) is 8.54. The molecule has 6 heteroatoms. The van der Waals surface area contributed by atoms with Crippen molar-refractivity contribution in [1.29, 1.82) is 5.26 Å². The van der Waals surface area contributed by atoms with Crippen molar-refractivity contribution >= 4 is 23.5 Å². The molecule has 0 saturated carbocycles. The predicted molar refractivity (Wildman–Crippen MR) is 62.9 cm³/mol. The van der Waals surface area contributed by atoms with Crippen LogP contribution in [0.2, 0.25) is 5.02 Å². The van der Waals surface area contributed by atoms with E-state index in [1.165, 1.54) is 18.2 Å². The van der Waals surface area contributed by atoms with Crippen LogP contribution in [0.4, 0.5) is 0 Å². The Morgan fingerprint density at radius 2 is 1.83 bits per heavy atom. The highest BCUT2D eigenvalue weighted by atomic mass is 35.5. The fourth-order valence-corrected chi connectivity index (χ4v) is 1.71. The lowest BCUT2D eigenvalue weighted by atomic mass is 9.98. The summed E-state index contributed by atoms with van der Waals surface area (Å²) in [5, 5.41) is 8.84. The van der Waals surface area contributed by atoms with E-state index in [4.69, 9.17) is 16.9 Å². The van der Waals surface area contributed by atoms with Crippen molar-refractivity contribution in [2.45, 2.75) is 5.92 Å². The van der Waals surface area contributed by atoms with Gasteiger partial charge in [-0.25, -0.2) is 0 Å². The largest absolute Gasteiger partial charge is 0.468 e. The number of hydrogen-bond acceptors (Lipinski definition) is 5. The Labute approximate surface area is 109 Å². The molecule has 0 fully saturated rings. The van der Waals surface area contributed by atoms with Crippen molar-refractivity contribution in [3.63, 3.8) is 0 Å². The first-order valence-electron chi connectivity index (χ1n) is 4.90. The molecule has 0 heterocycles. The van der Waals surface area contributed by atoms with Gasteiger partial charge >= 0.3 is 11.9 Å². The topological polar surface area (TPSA) is 76.4 Å². The average molecular weight is 268 g/mol. The van der Waals surface area contributed by atoms with Crippen molar-refractivity contribution in [2.24, 2.45) is 0 Å². The number of nitrogens with zero attached hydrogens (tertiary/aromatic N) is 1. The highest BCUT2D eigenvalue weighted by Gasteiger charge is 2.32. The maximum atomic E-state index is 11.6. The fraction of sp³-hybridized carbons (Fsp3) is 0.250. The Hall–Kier alpha value is -2.06. The second-order valence-corrected chi connectivity index (χ2v) is 3.73. The van der Waals surface area contributed by atoms with E-state index in [0.29, 0.717) is 5.56 Å². The maximum absolute atomic E-state index is 11.6. The number of benzene rings is 1. The molecule has 0 bridgehead atoms. The van der Waals surface area contributed by atoms with Gasteiger partial charge in [0.2, 0.25) is 0 Å². The molecular formula is C12H10ClNO4. The summed E-state index contributed by atoms with van der Waals surface area (Å²) in [6.07, 6.45) is 0.